The van der Waals surface area contributed by atoms with Gasteiger partial charge in [0, 0.05) is 23.2 Å². The Morgan fingerprint density at radius 2 is 1.76 bits per heavy atom. The first-order chi connectivity index (χ1) is 14.0. The summed E-state index contributed by atoms with van der Waals surface area (Å²) in [4.78, 5) is 15.2. The normalized spacial score (nSPS) is 16.7. The molecule has 29 heavy (non-hydrogen) atoms. The number of rotatable bonds is 8. The van der Waals surface area contributed by atoms with Gasteiger partial charge in [-0.3, -0.25) is 4.79 Å². The van der Waals surface area contributed by atoms with E-state index in [4.69, 9.17) is 16.3 Å². The maximum absolute atomic E-state index is 12.7. The van der Waals surface area contributed by atoms with Crippen LogP contribution in [0.4, 0.5) is 0 Å². The smallest absolute Gasteiger partial charge is 0.251 e. The Hall–Kier alpha value is -1.88. The number of carbonyl (C=O) groups excluding carboxylic acids is 1. The quantitative estimate of drug-likeness (QED) is 0.664. The number of ether oxygens (including phenoxy) is 1. The van der Waals surface area contributed by atoms with Crippen LogP contribution in [0.5, 0.6) is 0 Å². The van der Waals surface area contributed by atoms with Crippen LogP contribution in [0, 0.1) is 5.92 Å². The highest BCUT2D eigenvalue weighted by Gasteiger charge is 2.22. The van der Waals surface area contributed by atoms with Gasteiger partial charge in [-0.05, 0) is 75.5 Å². The first-order valence-electron chi connectivity index (χ1n) is 10.5. The van der Waals surface area contributed by atoms with Crippen LogP contribution in [0.25, 0.3) is 0 Å². The van der Waals surface area contributed by atoms with E-state index >= 15 is 0 Å². The highest BCUT2D eigenvalue weighted by Crippen LogP contribution is 2.21. The molecule has 1 atom stereocenters. The van der Waals surface area contributed by atoms with Crippen molar-refractivity contribution in [2.24, 2.45) is 5.92 Å². The summed E-state index contributed by atoms with van der Waals surface area (Å²) in [5.41, 5.74) is 1.64. The van der Waals surface area contributed by atoms with Crippen molar-refractivity contribution < 1.29 is 9.53 Å². The lowest BCUT2D eigenvalue weighted by Crippen LogP contribution is -2.39. The number of hydrogen-bond acceptors (Lipinski definition) is 3. The fourth-order valence-electron chi connectivity index (χ4n) is 3.74. The number of amides is 1. The Balaban J connectivity index is 1.55. The second-order valence-electron chi connectivity index (χ2n) is 8.05. The van der Waals surface area contributed by atoms with Crippen LogP contribution in [0.3, 0.4) is 0 Å². The molecule has 1 fully saturated rings. The van der Waals surface area contributed by atoms with Crippen molar-refractivity contribution in [3.63, 3.8) is 0 Å². The average molecular weight is 415 g/mol. The summed E-state index contributed by atoms with van der Waals surface area (Å²) in [5.74, 6) is 0.470. The number of carbonyl (C=O) groups is 1. The van der Waals surface area contributed by atoms with E-state index in [0.29, 0.717) is 29.2 Å². The molecule has 0 aromatic heterocycles. The van der Waals surface area contributed by atoms with Gasteiger partial charge in [-0.25, -0.2) is 0 Å². The Bertz CT molecular complexity index is 756. The van der Waals surface area contributed by atoms with Crippen LogP contribution in [0.2, 0.25) is 5.02 Å². The Labute approximate surface area is 179 Å². The Morgan fingerprint density at radius 1 is 1.10 bits per heavy atom. The van der Waals surface area contributed by atoms with Gasteiger partial charge in [0.25, 0.3) is 5.91 Å². The maximum Gasteiger partial charge on any atom is 0.251 e. The zero-order chi connectivity index (χ0) is 20.6. The van der Waals surface area contributed by atoms with Gasteiger partial charge in [0.1, 0.15) is 0 Å². The first kappa shape index (κ1) is 21.8. The predicted molar refractivity (Wildman–Crippen MR) is 118 cm³/mol. The predicted octanol–water partition coefficient (Wildman–Crippen LogP) is 4.95. The number of halogens is 1. The van der Waals surface area contributed by atoms with Gasteiger partial charge in [0.15, 0.2) is 0 Å². The second-order valence-corrected chi connectivity index (χ2v) is 8.49. The van der Waals surface area contributed by atoms with Gasteiger partial charge in [-0.2, -0.15) is 0 Å². The van der Waals surface area contributed by atoms with E-state index in [1.165, 1.54) is 12.8 Å². The van der Waals surface area contributed by atoms with Crippen molar-refractivity contribution in [3.05, 3.63) is 70.7 Å². The zero-order valence-corrected chi connectivity index (χ0v) is 18.1. The van der Waals surface area contributed by atoms with Gasteiger partial charge in [-0.1, -0.05) is 41.9 Å². The van der Waals surface area contributed by atoms with Gasteiger partial charge >= 0.3 is 0 Å². The summed E-state index contributed by atoms with van der Waals surface area (Å²) >= 11 is 5.93. The Morgan fingerprint density at radius 3 is 2.38 bits per heavy atom. The minimum Gasteiger partial charge on any atom is -0.379 e. The topological polar surface area (TPSA) is 41.6 Å². The molecule has 0 bridgehead atoms. The van der Waals surface area contributed by atoms with E-state index in [1.54, 1.807) is 24.3 Å². The molecule has 2 aromatic carbocycles. The van der Waals surface area contributed by atoms with E-state index < -0.39 is 0 Å². The molecular formula is C24H31ClN2O2. The summed E-state index contributed by atoms with van der Waals surface area (Å²) in [6.45, 7) is 8.00. The number of piperidine rings is 1. The van der Waals surface area contributed by atoms with E-state index in [2.05, 4.69) is 24.1 Å². The third kappa shape index (κ3) is 6.56. The van der Waals surface area contributed by atoms with Gasteiger partial charge < -0.3 is 15.0 Å². The molecule has 156 valence electrons. The lowest BCUT2D eigenvalue weighted by atomic mass is 9.97. The third-order valence-corrected chi connectivity index (χ3v) is 5.88. The van der Waals surface area contributed by atoms with Crippen molar-refractivity contribution in [2.45, 2.75) is 38.8 Å². The summed E-state index contributed by atoms with van der Waals surface area (Å²) in [5, 5.41) is 3.73. The van der Waals surface area contributed by atoms with E-state index in [-0.39, 0.29) is 11.9 Å². The van der Waals surface area contributed by atoms with Crippen LogP contribution in [-0.4, -0.2) is 43.2 Å². The van der Waals surface area contributed by atoms with Gasteiger partial charge in [0.2, 0.25) is 0 Å². The van der Waals surface area contributed by atoms with Crippen LogP contribution in [0.1, 0.15) is 48.7 Å². The van der Waals surface area contributed by atoms with Crippen molar-refractivity contribution in [3.8, 4) is 0 Å². The number of benzene rings is 2. The highest BCUT2D eigenvalue weighted by molar-refractivity contribution is 6.30. The highest BCUT2D eigenvalue weighted by atomic mass is 35.5. The number of nitrogens with one attached hydrogen (secondary N) is 1. The zero-order valence-electron chi connectivity index (χ0n) is 17.3. The minimum atomic E-state index is -0.185. The number of hydrogen-bond donors (Lipinski definition) is 1. The van der Waals surface area contributed by atoms with Crippen molar-refractivity contribution in [2.75, 3.05) is 26.3 Å². The van der Waals surface area contributed by atoms with E-state index in [1.807, 2.05) is 30.3 Å². The number of likely N-dealkylation sites (tertiary alicyclic amines) is 1. The summed E-state index contributed by atoms with van der Waals surface area (Å²) < 4.78 is 6.09. The monoisotopic (exact) mass is 414 g/mol. The summed E-state index contributed by atoms with van der Waals surface area (Å²) in [6.07, 6.45) is 2.34. The molecule has 2 aromatic rings. The fraction of sp³-hybridized carbons (Fsp3) is 0.458. The molecule has 0 unspecified atom stereocenters. The van der Waals surface area contributed by atoms with Crippen molar-refractivity contribution in [1.29, 1.82) is 0 Å². The van der Waals surface area contributed by atoms with Crippen LogP contribution in [-0.2, 0) is 4.74 Å². The standard InChI is InChI=1S/C24H31ClN2O2/c1-18(2)27-14-12-19(13-15-27)16-29-17-23(20-6-4-3-5-7-20)26-24(28)21-8-10-22(25)11-9-21/h3-11,18-19,23H,12-17H2,1-2H3,(H,26,28)/t23-/m0/s1. The largest absolute Gasteiger partial charge is 0.379 e. The average Bonchev–Trinajstić information content (AvgIpc) is 2.74. The molecule has 1 amide bonds. The SMILES string of the molecule is CC(C)N1CCC(COC[C@H](NC(=O)c2ccc(Cl)cc2)c2ccccc2)CC1. The lowest BCUT2D eigenvalue weighted by molar-refractivity contribution is 0.0473. The molecule has 3 rings (SSSR count). The molecule has 0 radical (unpaired) electrons. The first-order valence-corrected chi connectivity index (χ1v) is 10.8. The Kier molecular flexibility index (Phi) is 8.10. The molecule has 0 saturated carbocycles. The molecule has 5 heteroatoms. The molecule has 1 saturated heterocycles. The molecule has 4 nitrogen and oxygen atoms in total. The van der Waals surface area contributed by atoms with E-state index in [0.717, 1.165) is 25.3 Å². The molecule has 1 N–H and O–H groups in total. The van der Waals surface area contributed by atoms with E-state index in [9.17, 15) is 4.79 Å². The maximum atomic E-state index is 12.7. The fourth-order valence-corrected chi connectivity index (χ4v) is 3.86. The van der Waals surface area contributed by atoms with Crippen LogP contribution in [0.15, 0.2) is 54.6 Å². The number of nitrogens with zero attached hydrogens (tertiary/aromatic N) is 1. The minimum absolute atomic E-state index is 0.121. The molecule has 1 heterocycles. The molecule has 0 spiro atoms. The molecular weight excluding hydrogens is 384 g/mol. The molecule has 0 aliphatic carbocycles. The van der Waals surface area contributed by atoms with Gasteiger partial charge in [0.05, 0.1) is 12.6 Å². The van der Waals surface area contributed by atoms with Crippen LogP contribution >= 0.6 is 11.6 Å². The molecule has 1 aliphatic rings. The molecule has 1 aliphatic heterocycles. The van der Waals surface area contributed by atoms with Crippen molar-refractivity contribution >= 4 is 17.5 Å². The van der Waals surface area contributed by atoms with Crippen molar-refractivity contribution in [1.82, 2.24) is 10.2 Å². The third-order valence-electron chi connectivity index (χ3n) is 5.63. The lowest BCUT2D eigenvalue weighted by Gasteiger charge is -2.34. The summed E-state index contributed by atoms with van der Waals surface area (Å²) in [7, 11) is 0. The summed E-state index contributed by atoms with van der Waals surface area (Å²) in [6, 6.07) is 17.4. The second kappa shape index (κ2) is 10.8. The van der Waals surface area contributed by atoms with Gasteiger partial charge in [-0.15, -0.1) is 0 Å². The van der Waals surface area contributed by atoms with Crippen LogP contribution < -0.4 is 5.32 Å².